The van der Waals surface area contributed by atoms with Crippen molar-refractivity contribution in [2.24, 2.45) is 0 Å². The molecule has 1 aromatic carbocycles. The van der Waals surface area contributed by atoms with E-state index in [4.69, 9.17) is 4.74 Å². The average Bonchev–Trinajstić information content (AvgIpc) is 2.34. The predicted molar refractivity (Wildman–Crippen MR) is 70.5 cm³/mol. The van der Waals surface area contributed by atoms with Crippen LogP contribution in [0.3, 0.4) is 0 Å². The summed E-state index contributed by atoms with van der Waals surface area (Å²) >= 11 is 0. The maximum Gasteiger partial charge on any atom is 0.222 e. The van der Waals surface area contributed by atoms with Gasteiger partial charge >= 0.3 is 0 Å². The van der Waals surface area contributed by atoms with Crippen molar-refractivity contribution in [1.29, 1.82) is 0 Å². The zero-order chi connectivity index (χ0) is 13.5. The van der Waals surface area contributed by atoms with Gasteiger partial charge < -0.3 is 14.7 Å². The van der Waals surface area contributed by atoms with E-state index in [0.717, 1.165) is 11.3 Å². The third-order valence-electron chi connectivity index (χ3n) is 2.67. The molecule has 1 aromatic rings. The van der Waals surface area contributed by atoms with E-state index in [2.05, 4.69) is 0 Å². The number of aliphatic hydroxyl groups is 1. The van der Waals surface area contributed by atoms with Gasteiger partial charge in [0.15, 0.2) is 0 Å². The van der Waals surface area contributed by atoms with E-state index in [1.807, 2.05) is 24.3 Å². The summed E-state index contributed by atoms with van der Waals surface area (Å²) in [5.74, 6) is 0.875. The molecule has 0 bridgehead atoms. The quantitative estimate of drug-likeness (QED) is 0.787. The van der Waals surface area contributed by atoms with Crippen LogP contribution in [0.4, 0.5) is 0 Å². The summed E-state index contributed by atoms with van der Waals surface area (Å²) in [5, 5.41) is 9.36. The van der Waals surface area contributed by atoms with Crippen molar-refractivity contribution < 1.29 is 14.6 Å². The number of carbonyl (C=O) groups excluding carboxylic acids is 1. The maximum atomic E-state index is 11.3. The van der Waals surface area contributed by atoms with Crippen LogP contribution in [0.25, 0.3) is 0 Å². The van der Waals surface area contributed by atoms with Crippen LogP contribution in [-0.2, 0) is 4.79 Å². The van der Waals surface area contributed by atoms with Crippen LogP contribution in [-0.4, -0.2) is 36.6 Å². The highest BCUT2D eigenvalue weighted by atomic mass is 16.5. The van der Waals surface area contributed by atoms with Gasteiger partial charge in [-0.05, 0) is 31.0 Å². The Morgan fingerprint density at radius 3 is 2.44 bits per heavy atom. The summed E-state index contributed by atoms with van der Waals surface area (Å²) < 4.78 is 5.52. The van der Waals surface area contributed by atoms with Gasteiger partial charge in [0.05, 0.1) is 12.7 Å². The summed E-state index contributed by atoms with van der Waals surface area (Å²) in [4.78, 5) is 12.9. The summed E-state index contributed by atoms with van der Waals surface area (Å²) in [6, 6.07) is 7.33. The van der Waals surface area contributed by atoms with E-state index >= 15 is 0 Å². The lowest BCUT2D eigenvalue weighted by Gasteiger charge is -2.11. The first kappa shape index (κ1) is 14.5. The van der Waals surface area contributed by atoms with E-state index in [0.29, 0.717) is 19.4 Å². The smallest absolute Gasteiger partial charge is 0.222 e. The van der Waals surface area contributed by atoms with E-state index < -0.39 is 6.10 Å². The Morgan fingerprint density at radius 1 is 1.33 bits per heavy atom. The monoisotopic (exact) mass is 251 g/mol. The Hall–Kier alpha value is -1.55. The molecular formula is C14H21NO3. The largest absolute Gasteiger partial charge is 0.494 e. The Kier molecular flexibility index (Phi) is 5.65. The van der Waals surface area contributed by atoms with Gasteiger partial charge in [0, 0.05) is 20.5 Å². The van der Waals surface area contributed by atoms with Crippen molar-refractivity contribution in [3.8, 4) is 5.75 Å². The summed E-state index contributed by atoms with van der Waals surface area (Å²) in [7, 11) is 3.50. The van der Waals surface area contributed by atoms with E-state index in [9.17, 15) is 9.90 Å². The molecule has 1 atom stereocenters. The van der Waals surface area contributed by atoms with Gasteiger partial charge in [-0.25, -0.2) is 0 Å². The molecule has 0 saturated heterocycles. The lowest BCUT2D eigenvalue weighted by molar-refractivity contribution is -0.128. The Labute approximate surface area is 108 Å². The van der Waals surface area contributed by atoms with Gasteiger partial charge in [-0.3, -0.25) is 4.79 Å². The number of nitrogens with zero attached hydrogens (tertiary/aromatic N) is 1. The van der Waals surface area contributed by atoms with Crippen molar-refractivity contribution in [1.82, 2.24) is 4.90 Å². The molecule has 4 heteroatoms. The fraction of sp³-hybridized carbons (Fsp3) is 0.500. The van der Waals surface area contributed by atoms with Gasteiger partial charge in [0.2, 0.25) is 5.91 Å². The van der Waals surface area contributed by atoms with Gasteiger partial charge in [0.25, 0.3) is 0 Å². The molecule has 0 radical (unpaired) electrons. The van der Waals surface area contributed by atoms with E-state index in [-0.39, 0.29) is 5.91 Å². The van der Waals surface area contributed by atoms with Crippen LogP contribution in [0.2, 0.25) is 0 Å². The molecule has 0 aliphatic rings. The Morgan fingerprint density at radius 2 is 1.94 bits per heavy atom. The molecule has 1 unspecified atom stereocenters. The second-order valence-corrected chi connectivity index (χ2v) is 4.49. The average molecular weight is 251 g/mol. The number of carbonyl (C=O) groups is 1. The molecule has 0 spiro atoms. The number of hydrogen-bond acceptors (Lipinski definition) is 3. The van der Waals surface area contributed by atoms with Crippen molar-refractivity contribution in [3.05, 3.63) is 29.8 Å². The molecule has 100 valence electrons. The van der Waals surface area contributed by atoms with Gasteiger partial charge in [-0.2, -0.15) is 0 Å². The summed E-state index contributed by atoms with van der Waals surface area (Å²) in [6.45, 7) is 2.25. The second kappa shape index (κ2) is 7.01. The SMILES string of the molecule is CC(O)c1ccc(OCCCC(=O)N(C)C)cc1. The van der Waals surface area contributed by atoms with Crippen LogP contribution in [0, 0.1) is 0 Å². The molecule has 4 nitrogen and oxygen atoms in total. The standard InChI is InChI=1S/C14H21NO3/c1-11(16)12-6-8-13(9-7-12)18-10-4-5-14(17)15(2)3/h6-9,11,16H,4-5,10H2,1-3H3. The number of hydrogen-bond donors (Lipinski definition) is 1. The highest BCUT2D eigenvalue weighted by molar-refractivity contribution is 5.75. The fourth-order valence-corrected chi connectivity index (χ4v) is 1.48. The fourth-order valence-electron chi connectivity index (χ4n) is 1.48. The first-order valence-corrected chi connectivity index (χ1v) is 6.11. The minimum absolute atomic E-state index is 0.114. The van der Waals surface area contributed by atoms with Crippen LogP contribution < -0.4 is 4.74 Å². The second-order valence-electron chi connectivity index (χ2n) is 4.49. The lowest BCUT2D eigenvalue weighted by Crippen LogP contribution is -2.21. The number of rotatable bonds is 6. The summed E-state index contributed by atoms with van der Waals surface area (Å²) in [6.07, 6.45) is 0.741. The molecule has 1 amide bonds. The third-order valence-corrected chi connectivity index (χ3v) is 2.67. The van der Waals surface area contributed by atoms with Crippen molar-refractivity contribution >= 4 is 5.91 Å². The predicted octanol–water partition coefficient (Wildman–Crippen LogP) is 1.99. The zero-order valence-electron chi connectivity index (χ0n) is 11.2. The summed E-state index contributed by atoms with van der Waals surface area (Å²) in [5.41, 5.74) is 0.866. The normalized spacial score (nSPS) is 12.0. The molecule has 0 aliphatic heterocycles. The molecule has 0 aliphatic carbocycles. The molecule has 1 rings (SSSR count). The highest BCUT2D eigenvalue weighted by Gasteiger charge is 2.04. The van der Waals surface area contributed by atoms with E-state index in [1.165, 1.54) is 0 Å². The molecular weight excluding hydrogens is 230 g/mol. The van der Waals surface area contributed by atoms with Gasteiger partial charge in [-0.15, -0.1) is 0 Å². The van der Waals surface area contributed by atoms with Crippen molar-refractivity contribution in [2.75, 3.05) is 20.7 Å². The molecule has 0 fully saturated rings. The third kappa shape index (κ3) is 4.75. The van der Waals surface area contributed by atoms with Crippen LogP contribution in [0.1, 0.15) is 31.4 Å². The maximum absolute atomic E-state index is 11.3. The number of aliphatic hydroxyl groups excluding tert-OH is 1. The van der Waals surface area contributed by atoms with Crippen LogP contribution >= 0.6 is 0 Å². The molecule has 0 aromatic heterocycles. The minimum Gasteiger partial charge on any atom is -0.494 e. The molecule has 18 heavy (non-hydrogen) atoms. The molecule has 0 saturated carbocycles. The molecule has 1 N–H and O–H groups in total. The Bertz CT molecular complexity index is 371. The topological polar surface area (TPSA) is 49.8 Å². The zero-order valence-corrected chi connectivity index (χ0v) is 11.2. The van der Waals surface area contributed by atoms with Crippen LogP contribution in [0.15, 0.2) is 24.3 Å². The van der Waals surface area contributed by atoms with E-state index in [1.54, 1.807) is 25.9 Å². The van der Waals surface area contributed by atoms with Crippen molar-refractivity contribution in [2.45, 2.75) is 25.9 Å². The lowest BCUT2D eigenvalue weighted by atomic mass is 10.1. The minimum atomic E-state index is -0.461. The number of benzene rings is 1. The first-order chi connectivity index (χ1) is 8.50. The van der Waals surface area contributed by atoms with Gasteiger partial charge in [0.1, 0.15) is 5.75 Å². The number of ether oxygens (including phenoxy) is 1. The highest BCUT2D eigenvalue weighted by Crippen LogP contribution is 2.17. The molecule has 0 heterocycles. The van der Waals surface area contributed by atoms with Crippen molar-refractivity contribution in [3.63, 3.8) is 0 Å². The van der Waals surface area contributed by atoms with Gasteiger partial charge in [-0.1, -0.05) is 12.1 Å². The number of amides is 1. The first-order valence-electron chi connectivity index (χ1n) is 6.11. The van der Waals surface area contributed by atoms with Crippen LogP contribution in [0.5, 0.6) is 5.75 Å². The Balaban J connectivity index is 2.29.